The summed E-state index contributed by atoms with van der Waals surface area (Å²) in [5.41, 5.74) is 9.56. The predicted octanol–water partition coefficient (Wildman–Crippen LogP) is 3.84. The normalized spacial score (nSPS) is 18.6. The number of hydrogen-bond acceptors (Lipinski definition) is 2. The molecule has 0 fully saturated rings. The van der Waals surface area contributed by atoms with Crippen molar-refractivity contribution in [2.75, 3.05) is 18.0 Å². The highest BCUT2D eigenvalue weighted by atomic mass is 19.1. The molecule has 2 aromatic rings. The van der Waals surface area contributed by atoms with Crippen LogP contribution in [-0.4, -0.2) is 13.1 Å². The van der Waals surface area contributed by atoms with Gasteiger partial charge < -0.3 is 10.6 Å². The second-order valence-electron chi connectivity index (χ2n) is 5.71. The lowest BCUT2D eigenvalue weighted by atomic mass is 9.98. The summed E-state index contributed by atoms with van der Waals surface area (Å²) in [6.07, 6.45) is 1.00. The van der Waals surface area contributed by atoms with Crippen LogP contribution in [0.15, 0.2) is 48.5 Å². The first-order valence-electron chi connectivity index (χ1n) is 7.52. The Balaban J connectivity index is 1.90. The average Bonchev–Trinajstić information content (AvgIpc) is 2.87. The number of halogens is 1. The third-order valence-corrected chi connectivity index (χ3v) is 4.44. The third kappa shape index (κ3) is 2.66. The lowest BCUT2D eigenvalue weighted by molar-refractivity contribution is 0.602. The van der Waals surface area contributed by atoms with E-state index in [1.807, 2.05) is 12.1 Å². The van der Waals surface area contributed by atoms with Crippen molar-refractivity contribution in [3.05, 3.63) is 65.5 Å². The molecule has 0 bridgehead atoms. The van der Waals surface area contributed by atoms with Gasteiger partial charge in [-0.25, -0.2) is 4.39 Å². The Morgan fingerprint density at radius 2 is 1.90 bits per heavy atom. The largest absolute Gasteiger partial charge is 0.364 e. The van der Waals surface area contributed by atoms with Gasteiger partial charge in [0.25, 0.3) is 0 Å². The molecule has 2 unspecified atom stereocenters. The van der Waals surface area contributed by atoms with E-state index >= 15 is 0 Å². The van der Waals surface area contributed by atoms with E-state index in [0.29, 0.717) is 12.5 Å². The van der Waals surface area contributed by atoms with Crippen LogP contribution in [0.3, 0.4) is 0 Å². The van der Waals surface area contributed by atoms with Crippen molar-refractivity contribution in [2.24, 2.45) is 5.73 Å². The molecule has 21 heavy (non-hydrogen) atoms. The van der Waals surface area contributed by atoms with Crippen molar-refractivity contribution in [1.82, 2.24) is 0 Å². The van der Waals surface area contributed by atoms with Crippen LogP contribution in [-0.2, 0) is 0 Å². The molecule has 3 heteroatoms. The van der Waals surface area contributed by atoms with Crippen LogP contribution in [0.5, 0.6) is 0 Å². The Morgan fingerprint density at radius 3 is 2.62 bits per heavy atom. The summed E-state index contributed by atoms with van der Waals surface area (Å²) in [5, 5.41) is 0. The quantitative estimate of drug-likeness (QED) is 0.924. The van der Waals surface area contributed by atoms with Crippen molar-refractivity contribution in [1.29, 1.82) is 0 Å². The van der Waals surface area contributed by atoms with Crippen LogP contribution >= 0.6 is 0 Å². The van der Waals surface area contributed by atoms with Gasteiger partial charge in [-0.05, 0) is 49.2 Å². The van der Waals surface area contributed by atoms with Gasteiger partial charge in [0.2, 0.25) is 0 Å². The molecule has 0 saturated heterocycles. The Morgan fingerprint density at radius 1 is 1.19 bits per heavy atom. The Hall–Kier alpha value is -1.87. The highest BCUT2D eigenvalue weighted by Gasteiger charge is 2.30. The molecule has 0 aliphatic carbocycles. The molecule has 0 radical (unpaired) electrons. The number of para-hydroxylation sites is 1. The maximum absolute atomic E-state index is 13.1. The first-order chi connectivity index (χ1) is 10.2. The van der Waals surface area contributed by atoms with Gasteiger partial charge in [-0.3, -0.25) is 0 Å². The molecular weight excluding hydrogens is 263 g/mol. The molecule has 0 amide bonds. The molecule has 2 aromatic carbocycles. The van der Waals surface area contributed by atoms with E-state index in [1.165, 1.54) is 23.4 Å². The van der Waals surface area contributed by atoms with Gasteiger partial charge in [0.15, 0.2) is 0 Å². The zero-order valence-corrected chi connectivity index (χ0v) is 12.3. The SMILES string of the molecule is CC(c1ccc(F)cc1)N1CC(CCN)c2ccccc21. The van der Waals surface area contributed by atoms with E-state index in [9.17, 15) is 4.39 Å². The zero-order chi connectivity index (χ0) is 14.8. The summed E-state index contributed by atoms with van der Waals surface area (Å²) in [5.74, 6) is 0.308. The van der Waals surface area contributed by atoms with E-state index in [1.54, 1.807) is 0 Å². The van der Waals surface area contributed by atoms with Crippen LogP contribution < -0.4 is 10.6 Å². The average molecular weight is 284 g/mol. The number of benzene rings is 2. The van der Waals surface area contributed by atoms with Crippen molar-refractivity contribution in [3.8, 4) is 0 Å². The Bertz CT molecular complexity index is 609. The van der Waals surface area contributed by atoms with Gasteiger partial charge in [-0.15, -0.1) is 0 Å². The van der Waals surface area contributed by atoms with Gasteiger partial charge in [-0.2, -0.15) is 0 Å². The standard InChI is InChI=1S/C18H21FN2/c1-13(14-6-8-16(19)9-7-14)21-12-15(10-11-20)17-4-2-3-5-18(17)21/h2-9,13,15H,10-12,20H2,1H3. The number of rotatable bonds is 4. The molecule has 0 spiro atoms. The van der Waals surface area contributed by atoms with Gasteiger partial charge in [-0.1, -0.05) is 30.3 Å². The first kappa shape index (κ1) is 14.1. The maximum Gasteiger partial charge on any atom is 0.123 e. The second-order valence-corrected chi connectivity index (χ2v) is 5.71. The Labute approximate surface area is 125 Å². The summed E-state index contributed by atoms with van der Waals surface area (Å²) in [6.45, 7) is 3.86. The number of hydrogen-bond donors (Lipinski definition) is 1. The molecule has 0 aromatic heterocycles. The molecule has 2 nitrogen and oxygen atoms in total. The molecule has 2 atom stereocenters. The highest BCUT2D eigenvalue weighted by Crippen LogP contribution is 2.42. The lowest BCUT2D eigenvalue weighted by Crippen LogP contribution is -2.26. The Kier molecular flexibility index (Phi) is 3.93. The fourth-order valence-electron chi connectivity index (χ4n) is 3.26. The number of nitrogens with two attached hydrogens (primary N) is 1. The van der Waals surface area contributed by atoms with Crippen molar-refractivity contribution < 1.29 is 4.39 Å². The van der Waals surface area contributed by atoms with Crippen LogP contribution in [0.1, 0.15) is 36.4 Å². The van der Waals surface area contributed by atoms with Crippen molar-refractivity contribution in [2.45, 2.75) is 25.3 Å². The van der Waals surface area contributed by atoms with E-state index < -0.39 is 0 Å². The van der Waals surface area contributed by atoms with E-state index in [-0.39, 0.29) is 11.9 Å². The predicted molar refractivity (Wildman–Crippen MR) is 85.0 cm³/mol. The van der Waals surface area contributed by atoms with Crippen molar-refractivity contribution >= 4 is 5.69 Å². The molecule has 0 saturated carbocycles. The molecule has 1 heterocycles. The highest BCUT2D eigenvalue weighted by molar-refractivity contribution is 5.61. The number of nitrogens with zero attached hydrogens (tertiary/aromatic N) is 1. The minimum Gasteiger partial charge on any atom is -0.364 e. The molecular formula is C18H21FN2. The topological polar surface area (TPSA) is 29.3 Å². The summed E-state index contributed by atoms with van der Waals surface area (Å²) < 4.78 is 13.1. The third-order valence-electron chi connectivity index (χ3n) is 4.44. The number of anilines is 1. The number of fused-ring (bicyclic) bond motifs is 1. The fraction of sp³-hybridized carbons (Fsp3) is 0.333. The molecule has 3 rings (SSSR count). The monoisotopic (exact) mass is 284 g/mol. The van der Waals surface area contributed by atoms with E-state index in [2.05, 4.69) is 36.1 Å². The zero-order valence-electron chi connectivity index (χ0n) is 12.3. The maximum atomic E-state index is 13.1. The summed E-state index contributed by atoms with van der Waals surface area (Å²) >= 11 is 0. The van der Waals surface area contributed by atoms with Crippen molar-refractivity contribution in [3.63, 3.8) is 0 Å². The van der Waals surface area contributed by atoms with Crippen LogP contribution in [0.2, 0.25) is 0 Å². The van der Waals surface area contributed by atoms with Crippen LogP contribution in [0.25, 0.3) is 0 Å². The van der Waals surface area contributed by atoms with Gasteiger partial charge in [0.1, 0.15) is 5.82 Å². The van der Waals surface area contributed by atoms with E-state index in [4.69, 9.17) is 5.73 Å². The lowest BCUT2D eigenvalue weighted by Gasteiger charge is -2.28. The minimum atomic E-state index is -0.186. The fourth-order valence-corrected chi connectivity index (χ4v) is 3.26. The summed E-state index contributed by atoms with van der Waals surface area (Å²) in [7, 11) is 0. The van der Waals surface area contributed by atoms with E-state index in [0.717, 1.165) is 18.5 Å². The molecule has 110 valence electrons. The molecule has 2 N–H and O–H groups in total. The smallest absolute Gasteiger partial charge is 0.123 e. The van der Waals surface area contributed by atoms with Crippen LogP contribution in [0, 0.1) is 5.82 Å². The second kappa shape index (κ2) is 5.86. The van der Waals surface area contributed by atoms with Gasteiger partial charge in [0.05, 0.1) is 6.04 Å². The molecule has 1 aliphatic rings. The van der Waals surface area contributed by atoms with Gasteiger partial charge in [0, 0.05) is 18.2 Å². The first-order valence-corrected chi connectivity index (χ1v) is 7.52. The van der Waals surface area contributed by atoms with Gasteiger partial charge >= 0.3 is 0 Å². The summed E-state index contributed by atoms with van der Waals surface area (Å²) in [6, 6.07) is 15.6. The van der Waals surface area contributed by atoms with Crippen LogP contribution in [0.4, 0.5) is 10.1 Å². The molecule has 1 aliphatic heterocycles. The summed E-state index contributed by atoms with van der Waals surface area (Å²) in [4.78, 5) is 2.41. The minimum absolute atomic E-state index is 0.186.